The highest BCUT2D eigenvalue weighted by atomic mass is 32.2. The summed E-state index contributed by atoms with van der Waals surface area (Å²) in [7, 11) is -3.81. The molecule has 160 valence electrons. The number of aliphatic hydroxyl groups excluding tert-OH is 1. The van der Waals surface area contributed by atoms with Crippen LogP contribution in [0.3, 0.4) is 0 Å². The maximum atomic E-state index is 13.5. The summed E-state index contributed by atoms with van der Waals surface area (Å²) in [6.07, 6.45) is 2.64. The SMILES string of the molecule is O=S1(=O)c2ccccc2[C@@H](O)[C@@H](Cc2ccc3c(c2)OCCO3)N1Cc1cccnc1. The van der Waals surface area contributed by atoms with Crippen molar-refractivity contribution in [2.24, 2.45) is 0 Å². The van der Waals surface area contributed by atoms with Crippen LogP contribution in [0.2, 0.25) is 0 Å². The van der Waals surface area contributed by atoms with Gasteiger partial charge in [0, 0.05) is 24.5 Å². The second kappa shape index (κ2) is 7.96. The number of pyridine rings is 1. The van der Waals surface area contributed by atoms with Gasteiger partial charge in [0.2, 0.25) is 10.0 Å². The summed E-state index contributed by atoms with van der Waals surface area (Å²) in [4.78, 5) is 4.25. The van der Waals surface area contributed by atoms with E-state index in [1.165, 1.54) is 4.31 Å². The summed E-state index contributed by atoms with van der Waals surface area (Å²) in [5.41, 5.74) is 2.04. The molecule has 0 saturated heterocycles. The van der Waals surface area contributed by atoms with Crippen LogP contribution in [-0.4, -0.2) is 42.1 Å². The highest BCUT2D eigenvalue weighted by Crippen LogP contribution is 2.40. The van der Waals surface area contributed by atoms with Crippen LogP contribution >= 0.6 is 0 Å². The molecule has 2 atom stereocenters. The van der Waals surface area contributed by atoms with Gasteiger partial charge in [0.15, 0.2) is 11.5 Å². The minimum atomic E-state index is -3.81. The number of hydrogen-bond donors (Lipinski definition) is 1. The van der Waals surface area contributed by atoms with Crippen molar-refractivity contribution in [1.29, 1.82) is 0 Å². The zero-order valence-corrected chi connectivity index (χ0v) is 17.5. The molecule has 0 saturated carbocycles. The van der Waals surface area contributed by atoms with E-state index in [-0.39, 0.29) is 11.4 Å². The number of aliphatic hydroxyl groups is 1. The molecular formula is C23H22N2O5S. The maximum absolute atomic E-state index is 13.5. The average Bonchev–Trinajstić information content (AvgIpc) is 2.80. The molecule has 3 aromatic rings. The van der Waals surface area contributed by atoms with E-state index in [2.05, 4.69) is 4.98 Å². The fourth-order valence-electron chi connectivity index (χ4n) is 4.17. The van der Waals surface area contributed by atoms with Gasteiger partial charge in [0.25, 0.3) is 0 Å². The molecule has 31 heavy (non-hydrogen) atoms. The molecule has 7 nitrogen and oxygen atoms in total. The number of rotatable bonds is 4. The van der Waals surface area contributed by atoms with E-state index in [9.17, 15) is 13.5 Å². The molecule has 0 amide bonds. The largest absolute Gasteiger partial charge is 0.486 e. The highest BCUT2D eigenvalue weighted by Gasteiger charge is 2.43. The van der Waals surface area contributed by atoms with Gasteiger partial charge in [-0.25, -0.2) is 8.42 Å². The van der Waals surface area contributed by atoms with Crippen molar-refractivity contribution in [1.82, 2.24) is 9.29 Å². The summed E-state index contributed by atoms with van der Waals surface area (Å²) in [5.74, 6) is 1.31. The molecule has 2 aromatic carbocycles. The Bertz CT molecular complexity index is 1200. The topological polar surface area (TPSA) is 89.0 Å². The van der Waals surface area contributed by atoms with Gasteiger partial charge >= 0.3 is 0 Å². The first-order chi connectivity index (χ1) is 15.0. The minimum absolute atomic E-state index is 0.122. The normalized spacial score (nSPS) is 22.0. The molecule has 5 rings (SSSR count). The smallest absolute Gasteiger partial charge is 0.244 e. The van der Waals surface area contributed by atoms with Crippen molar-refractivity contribution in [3.8, 4) is 11.5 Å². The summed E-state index contributed by atoms with van der Waals surface area (Å²) < 4.78 is 39.7. The second-order valence-corrected chi connectivity index (χ2v) is 9.50. The Morgan fingerprint density at radius 1 is 1.00 bits per heavy atom. The van der Waals surface area contributed by atoms with Gasteiger partial charge in [-0.2, -0.15) is 4.31 Å². The van der Waals surface area contributed by atoms with Crippen LogP contribution in [0.15, 0.2) is 71.9 Å². The molecule has 0 bridgehead atoms. The lowest BCUT2D eigenvalue weighted by Crippen LogP contribution is -2.48. The molecule has 0 fully saturated rings. The van der Waals surface area contributed by atoms with Crippen LogP contribution in [0.5, 0.6) is 11.5 Å². The van der Waals surface area contributed by atoms with E-state index in [1.54, 1.807) is 42.7 Å². The molecule has 1 aromatic heterocycles. The summed E-state index contributed by atoms with van der Waals surface area (Å²) in [6.45, 7) is 1.09. The van der Waals surface area contributed by atoms with Crippen molar-refractivity contribution >= 4 is 10.0 Å². The number of ether oxygens (including phenoxy) is 2. The fraction of sp³-hybridized carbons (Fsp3) is 0.261. The van der Waals surface area contributed by atoms with E-state index in [4.69, 9.17) is 9.47 Å². The number of sulfonamides is 1. The number of nitrogens with zero attached hydrogens (tertiary/aromatic N) is 2. The maximum Gasteiger partial charge on any atom is 0.244 e. The minimum Gasteiger partial charge on any atom is -0.486 e. The Morgan fingerprint density at radius 2 is 1.81 bits per heavy atom. The van der Waals surface area contributed by atoms with Crippen LogP contribution < -0.4 is 9.47 Å². The van der Waals surface area contributed by atoms with E-state index >= 15 is 0 Å². The molecule has 0 aliphatic carbocycles. The molecule has 2 aliphatic rings. The Morgan fingerprint density at radius 3 is 2.61 bits per heavy atom. The van der Waals surface area contributed by atoms with Crippen LogP contribution in [0.4, 0.5) is 0 Å². The van der Waals surface area contributed by atoms with Crippen molar-refractivity contribution < 1.29 is 23.0 Å². The van der Waals surface area contributed by atoms with Crippen LogP contribution in [0.25, 0.3) is 0 Å². The fourth-order valence-corrected chi connectivity index (χ4v) is 6.03. The third-order valence-electron chi connectivity index (χ3n) is 5.67. The van der Waals surface area contributed by atoms with Gasteiger partial charge in [-0.1, -0.05) is 30.3 Å². The summed E-state index contributed by atoms with van der Waals surface area (Å²) in [6, 6.07) is 15.1. The van der Waals surface area contributed by atoms with Crippen LogP contribution in [-0.2, 0) is 23.0 Å². The third kappa shape index (κ3) is 3.67. The highest BCUT2D eigenvalue weighted by molar-refractivity contribution is 7.89. The number of fused-ring (bicyclic) bond motifs is 2. The molecule has 0 spiro atoms. The van der Waals surface area contributed by atoms with E-state index in [0.717, 1.165) is 11.1 Å². The molecule has 1 N–H and O–H groups in total. The molecule has 2 aliphatic heterocycles. The lowest BCUT2D eigenvalue weighted by Gasteiger charge is -2.39. The Labute approximate surface area is 180 Å². The first-order valence-electron chi connectivity index (χ1n) is 10.1. The third-order valence-corrected chi connectivity index (χ3v) is 7.62. The molecule has 8 heteroatoms. The van der Waals surface area contributed by atoms with Gasteiger partial charge < -0.3 is 14.6 Å². The van der Waals surface area contributed by atoms with E-state index in [0.29, 0.717) is 36.7 Å². The van der Waals surface area contributed by atoms with Crippen molar-refractivity contribution in [3.63, 3.8) is 0 Å². The zero-order valence-electron chi connectivity index (χ0n) is 16.7. The Hall–Kier alpha value is -2.94. The standard InChI is InChI=1S/C23H22N2O5S/c26-23-18-5-1-2-6-22(18)31(27,28)25(15-17-4-3-9-24-14-17)19(23)12-16-7-8-20-21(13-16)30-11-10-29-20/h1-9,13-14,19,23,26H,10-12,15H2/t19-,23-/m1/s1. The van der Waals surface area contributed by atoms with Crippen LogP contribution in [0.1, 0.15) is 22.8 Å². The van der Waals surface area contributed by atoms with Gasteiger partial charge in [0.1, 0.15) is 13.2 Å². The quantitative estimate of drug-likeness (QED) is 0.674. The molecule has 3 heterocycles. The molecule has 0 unspecified atom stereocenters. The van der Waals surface area contributed by atoms with Gasteiger partial charge in [-0.05, 0) is 41.8 Å². The van der Waals surface area contributed by atoms with Crippen molar-refractivity contribution in [2.75, 3.05) is 13.2 Å². The van der Waals surface area contributed by atoms with Gasteiger partial charge in [-0.15, -0.1) is 0 Å². The van der Waals surface area contributed by atoms with Crippen LogP contribution in [0, 0.1) is 0 Å². The number of benzene rings is 2. The lowest BCUT2D eigenvalue weighted by molar-refractivity contribution is 0.0768. The van der Waals surface area contributed by atoms with Crippen molar-refractivity contribution in [3.05, 3.63) is 83.7 Å². The Kier molecular flexibility index (Phi) is 5.13. The predicted octanol–water partition coefficient (Wildman–Crippen LogP) is 2.70. The summed E-state index contributed by atoms with van der Waals surface area (Å²) in [5, 5.41) is 11.2. The number of aromatic nitrogens is 1. The lowest BCUT2D eigenvalue weighted by atomic mass is 9.95. The summed E-state index contributed by atoms with van der Waals surface area (Å²) >= 11 is 0. The number of hydrogen-bond acceptors (Lipinski definition) is 6. The zero-order chi connectivity index (χ0) is 21.4. The van der Waals surface area contributed by atoms with E-state index in [1.807, 2.05) is 24.3 Å². The second-order valence-electron chi connectivity index (χ2n) is 7.64. The average molecular weight is 439 g/mol. The first-order valence-corrected chi connectivity index (χ1v) is 11.5. The first kappa shape index (κ1) is 20.0. The monoisotopic (exact) mass is 438 g/mol. The van der Waals surface area contributed by atoms with E-state index < -0.39 is 22.2 Å². The molecular weight excluding hydrogens is 416 g/mol. The Balaban J connectivity index is 1.55. The molecule has 0 radical (unpaired) electrons. The van der Waals surface area contributed by atoms with Gasteiger partial charge in [0.05, 0.1) is 17.0 Å². The predicted molar refractivity (Wildman–Crippen MR) is 113 cm³/mol. The van der Waals surface area contributed by atoms with Gasteiger partial charge in [-0.3, -0.25) is 4.98 Å². The van der Waals surface area contributed by atoms with Crippen molar-refractivity contribution in [2.45, 2.75) is 30.0 Å².